The molecular weight excluding hydrogens is 286 g/mol. The number of hydrogen-bond acceptors (Lipinski definition) is 2. The number of rotatable bonds is 11. The molecule has 118 valence electrons. The van der Waals surface area contributed by atoms with Crippen molar-refractivity contribution >= 4 is 23.2 Å². The third-order valence-electron chi connectivity index (χ3n) is 3.17. The number of alkyl halides is 1. The van der Waals surface area contributed by atoms with Crippen LogP contribution in [0.5, 0.6) is 5.75 Å². The van der Waals surface area contributed by atoms with Gasteiger partial charge in [0.2, 0.25) is 5.91 Å². The van der Waals surface area contributed by atoms with Crippen LogP contribution < -0.4 is 10.1 Å². The molecule has 0 unspecified atom stereocenters. The minimum atomic E-state index is -0.00707. The maximum Gasteiger partial charge on any atom is 0.224 e. The van der Waals surface area contributed by atoms with Gasteiger partial charge in [-0.3, -0.25) is 4.79 Å². The van der Waals surface area contributed by atoms with E-state index >= 15 is 0 Å². The van der Waals surface area contributed by atoms with Crippen LogP contribution in [0, 0.1) is 0 Å². The number of carbonyl (C=O) groups is 1. The monoisotopic (exact) mass is 311 g/mol. The number of nitrogens with one attached hydrogen (secondary N) is 1. The summed E-state index contributed by atoms with van der Waals surface area (Å²) in [5.41, 5.74) is 0.776. The van der Waals surface area contributed by atoms with E-state index in [-0.39, 0.29) is 5.91 Å². The summed E-state index contributed by atoms with van der Waals surface area (Å²) in [7, 11) is 0. The van der Waals surface area contributed by atoms with Gasteiger partial charge in [0.05, 0.1) is 6.61 Å². The number of unbranched alkanes of at least 4 members (excludes halogenated alkanes) is 4. The Labute approximate surface area is 133 Å². The largest absolute Gasteiger partial charge is 0.494 e. The van der Waals surface area contributed by atoms with Crippen molar-refractivity contribution in [2.24, 2.45) is 0 Å². The number of anilines is 1. The van der Waals surface area contributed by atoms with Crippen molar-refractivity contribution in [1.29, 1.82) is 0 Å². The second kappa shape index (κ2) is 11.4. The van der Waals surface area contributed by atoms with Gasteiger partial charge in [-0.25, -0.2) is 0 Å². The number of hydrogen-bond donors (Lipinski definition) is 1. The quantitative estimate of drug-likeness (QED) is 0.461. The van der Waals surface area contributed by atoms with Gasteiger partial charge in [0.25, 0.3) is 0 Å². The molecule has 0 bridgehead atoms. The molecule has 1 aromatic carbocycles. The van der Waals surface area contributed by atoms with E-state index < -0.39 is 0 Å². The van der Waals surface area contributed by atoms with Crippen LogP contribution in [0.3, 0.4) is 0 Å². The smallest absolute Gasteiger partial charge is 0.224 e. The highest BCUT2D eigenvalue weighted by molar-refractivity contribution is 6.18. The Morgan fingerprint density at radius 1 is 1.19 bits per heavy atom. The Balaban J connectivity index is 2.29. The average molecular weight is 312 g/mol. The molecule has 0 aromatic heterocycles. The zero-order valence-electron chi connectivity index (χ0n) is 12.9. The van der Waals surface area contributed by atoms with E-state index in [1.165, 1.54) is 25.7 Å². The lowest BCUT2D eigenvalue weighted by molar-refractivity contribution is -0.116. The molecule has 1 aromatic rings. The topological polar surface area (TPSA) is 38.3 Å². The lowest BCUT2D eigenvalue weighted by atomic mass is 10.2. The molecule has 1 amide bonds. The molecule has 0 aliphatic heterocycles. The molecule has 0 aliphatic rings. The lowest BCUT2D eigenvalue weighted by Gasteiger charge is -2.09. The van der Waals surface area contributed by atoms with Gasteiger partial charge in [0.15, 0.2) is 0 Å². The Hall–Kier alpha value is -1.22. The van der Waals surface area contributed by atoms with Crippen LogP contribution in [0.15, 0.2) is 24.3 Å². The summed E-state index contributed by atoms with van der Waals surface area (Å²) < 4.78 is 5.72. The van der Waals surface area contributed by atoms with Gasteiger partial charge < -0.3 is 10.1 Å². The maximum atomic E-state index is 11.6. The highest BCUT2D eigenvalue weighted by Gasteiger charge is 2.03. The SMILES string of the molecule is CCCCCCCOc1cccc(NC(=O)CCCCl)c1. The number of benzene rings is 1. The fourth-order valence-electron chi connectivity index (χ4n) is 2.01. The maximum absolute atomic E-state index is 11.6. The van der Waals surface area contributed by atoms with Crippen LogP contribution in [0.25, 0.3) is 0 Å². The fraction of sp³-hybridized carbons (Fsp3) is 0.588. The molecule has 0 saturated heterocycles. The van der Waals surface area contributed by atoms with Crippen LogP contribution in [0.1, 0.15) is 51.9 Å². The second-order valence-electron chi connectivity index (χ2n) is 5.13. The van der Waals surface area contributed by atoms with Crippen molar-refractivity contribution in [3.8, 4) is 5.75 Å². The molecule has 0 saturated carbocycles. The highest BCUT2D eigenvalue weighted by atomic mass is 35.5. The molecule has 1 rings (SSSR count). The number of amides is 1. The lowest BCUT2D eigenvalue weighted by Crippen LogP contribution is -2.11. The number of ether oxygens (including phenoxy) is 1. The summed E-state index contributed by atoms with van der Waals surface area (Å²) in [6, 6.07) is 7.54. The normalized spacial score (nSPS) is 10.4. The Morgan fingerprint density at radius 3 is 2.76 bits per heavy atom. The minimum Gasteiger partial charge on any atom is -0.494 e. The standard InChI is InChI=1S/C17H26ClNO2/c1-2-3-4-5-6-13-21-16-10-7-9-15(14-16)19-17(20)11-8-12-18/h7,9-10,14H,2-6,8,11-13H2,1H3,(H,19,20). The van der Waals surface area contributed by atoms with Crippen LogP contribution >= 0.6 is 11.6 Å². The van der Waals surface area contributed by atoms with E-state index in [1.54, 1.807) is 0 Å². The van der Waals surface area contributed by atoms with Gasteiger partial charge in [-0.05, 0) is 25.0 Å². The Morgan fingerprint density at radius 2 is 2.00 bits per heavy atom. The number of halogens is 1. The van der Waals surface area contributed by atoms with Gasteiger partial charge in [-0.2, -0.15) is 0 Å². The summed E-state index contributed by atoms with van der Waals surface area (Å²) in [5, 5.41) is 2.86. The molecule has 3 nitrogen and oxygen atoms in total. The van der Waals surface area contributed by atoms with Crippen molar-refractivity contribution in [1.82, 2.24) is 0 Å². The predicted octanol–water partition coefficient (Wildman–Crippen LogP) is 4.99. The van der Waals surface area contributed by atoms with E-state index in [2.05, 4.69) is 12.2 Å². The van der Waals surface area contributed by atoms with E-state index in [0.717, 1.165) is 24.5 Å². The van der Waals surface area contributed by atoms with Gasteiger partial charge in [0, 0.05) is 24.1 Å². The van der Waals surface area contributed by atoms with Gasteiger partial charge in [-0.1, -0.05) is 38.7 Å². The molecule has 0 atom stereocenters. The fourth-order valence-corrected chi connectivity index (χ4v) is 2.14. The summed E-state index contributed by atoms with van der Waals surface area (Å²) in [6.07, 6.45) is 7.26. The van der Waals surface area contributed by atoms with Crippen LogP contribution in [0.4, 0.5) is 5.69 Å². The van der Waals surface area contributed by atoms with Crippen molar-refractivity contribution in [2.45, 2.75) is 51.9 Å². The molecule has 0 radical (unpaired) electrons. The molecule has 1 N–H and O–H groups in total. The highest BCUT2D eigenvalue weighted by Crippen LogP contribution is 2.18. The summed E-state index contributed by atoms with van der Waals surface area (Å²) in [5.74, 6) is 1.31. The molecule has 0 fully saturated rings. The summed E-state index contributed by atoms with van der Waals surface area (Å²) >= 11 is 5.58. The van der Waals surface area contributed by atoms with E-state index in [1.807, 2.05) is 24.3 Å². The average Bonchev–Trinajstić information content (AvgIpc) is 2.49. The van der Waals surface area contributed by atoms with Gasteiger partial charge in [-0.15, -0.1) is 11.6 Å². The first-order valence-electron chi connectivity index (χ1n) is 7.85. The van der Waals surface area contributed by atoms with E-state index in [4.69, 9.17) is 16.3 Å². The molecule has 0 aliphatic carbocycles. The molecule has 21 heavy (non-hydrogen) atoms. The van der Waals surface area contributed by atoms with Gasteiger partial charge >= 0.3 is 0 Å². The van der Waals surface area contributed by atoms with E-state index in [9.17, 15) is 4.79 Å². The van der Waals surface area contributed by atoms with Gasteiger partial charge in [0.1, 0.15) is 5.75 Å². The summed E-state index contributed by atoms with van der Waals surface area (Å²) in [6.45, 7) is 2.94. The zero-order chi connectivity index (χ0) is 15.3. The summed E-state index contributed by atoms with van der Waals surface area (Å²) in [4.78, 5) is 11.6. The predicted molar refractivity (Wildman–Crippen MR) is 89.3 cm³/mol. The molecular formula is C17H26ClNO2. The van der Waals surface area contributed by atoms with Crippen molar-refractivity contribution in [3.05, 3.63) is 24.3 Å². The third-order valence-corrected chi connectivity index (χ3v) is 3.44. The molecule has 4 heteroatoms. The third kappa shape index (κ3) is 8.61. The zero-order valence-corrected chi connectivity index (χ0v) is 13.6. The second-order valence-corrected chi connectivity index (χ2v) is 5.51. The van der Waals surface area contributed by atoms with Crippen LogP contribution in [0.2, 0.25) is 0 Å². The Bertz CT molecular complexity index is 410. The van der Waals surface area contributed by atoms with Crippen molar-refractivity contribution in [3.63, 3.8) is 0 Å². The van der Waals surface area contributed by atoms with Crippen LogP contribution in [-0.2, 0) is 4.79 Å². The van der Waals surface area contributed by atoms with Crippen molar-refractivity contribution < 1.29 is 9.53 Å². The van der Waals surface area contributed by atoms with Crippen molar-refractivity contribution in [2.75, 3.05) is 17.8 Å². The first-order valence-corrected chi connectivity index (χ1v) is 8.38. The molecule has 0 heterocycles. The molecule has 0 spiro atoms. The number of carbonyl (C=O) groups excluding carboxylic acids is 1. The van der Waals surface area contributed by atoms with Crippen LogP contribution in [-0.4, -0.2) is 18.4 Å². The Kier molecular flexibility index (Phi) is 9.71. The first-order chi connectivity index (χ1) is 10.3. The first kappa shape index (κ1) is 17.8. The van der Waals surface area contributed by atoms with E-state index in [0.29, 0.717) is 18.7 Å². The minimum absolute atomic E-state index is 0.00707.